The fourth-order valence-electron chi connectivity index (χ4n) is 3.03. The molecule has 0 saturated carbocycles. The molecule has 25 heavy (non-hydrogen) atoms. The van der Waals surface area contributed by atoms with E-state index in [4.69, 9.17) is 4.74 Å². The number of anilines is 1. The number of carbonyl (C=O) groups excluding carboxylic acids is 1. The van der Waals surface area contributed by atoms with Gasteiger partial charge in [-0.25, -0.2) is 0 Å². The number of amides is 1. The van der Waals surface area contributed by atoms with E-state index in [0.29, 0.717) is 6.61 Å². The molecule has 0 radical (unpaired) electrons. The minimum absolute atomic E-state index is 0.143. The molecular formula is C21H24N2O2. The highest BCUT2D eigenvalue weighted by Gasteiger charge is 2.13. The molecule has 0 atom stereocenters. The molecule has 1 aliphatic heterocycles. The molecule has 4 heteroatoms. The van der Waals surface area contributed by atoms with E-state index in [1.165, 1.54) is 11.1 Å². The average Bonchev–Trinajstić information content (AvgIpc) is 2.61. The number of fused-ring (bicyclic) bond motifs is 1. The first-order valence-electron chi connectivity index (χ1n) is 8.67. The summed E-state index contributed by atoms with van der Waals surface area (Å²) in [5.74, 6) is 0.640. The van der Waals surface area contributed by atoms with Crippen LogP contribution in [0.25, 0.3) is 6.08 Å². The van der Waals surface area contributed by atoms with Crippen LogP contribution in [0.2, 0.25) is 0 Å². The highest BCUT2D eigenvalue weighted by Crippen LogP contribution is 2.22. The van der Waals surface area contributed by atoms with Crippen LogP contribution in [0.5, 0.6) is 5.75 Å². The van der Waals surface area contributed by atoms with Crippen molar-refractivity contribution in [2.24, 2.45) is 0 Å². The van der Waals surface area contributed by atoms with Gasteiger partial charge in [-0.3, -0.25) is 4.79 Å². The molecule has 0 bridgehead atoms. The van der Waals surface area contributed by atoms with Crippen LogP contribution in [0.3, 0.4) is 0 Å². The van der Waals surface area contributed by atoms with Crippen molar-refractivity contribution in [3.8, 4) is 5.75 Å². The molecular weight excluding hydrogens is 312 g/mol. The molecule has 0 aromatic heterocycles. The summed E-state index contributed by atoms with van der Waals surface area (Å²) >= 11 is 0. The Hall–Kier alpha value is -2.59. The van der Waals surface area contributed by atoms with Gasteiger partial charge in [0.15, 0.2) is 0 Å². The van der Waals surface area contributed by atoms with Crippen LogP contribution in [0.1, 0.15) is 23.6 Å². The molecule has 1 N–H and O–H groups in total. The second kappa shape index (κ2) is 7.99. The van der Waals surface area contributed by atoms with Crippen LogP contribution in [-0.4, -0.2) is 31.0 Å². The molecule has 0 aliphatic carbocycles. The summed E-state index contributed by atoms with van der Waals surface area (Å²) < 4.78 is 5.57. The summed E-state index contributed by atoms with van der Waals surface area (Å²) in [4.78, 5) is 14.5. The number of rotatable bonds is 5. The molecule has 1 aliphatic rings. The SMILES string of the molecule is CCOc1ccccc1C=CC(=O)Nc1ccc2c(c1)CN(C)CC2. The molecule has 2 aromatic carbocycles. The molecule has 0 saturated heterocycles. The molecule has 0 unspecified atom stereocenters. The number of hydrogen-bond acceptors (Lipinski definition) is 3. The second-order valence-electron chi connectivity index (χ2n) is 6.26. The van der Waals surface area contributed by atoms with Crippen LogP contribution in [0, 0.1) is 0 Å². The lowest BCUT2D eigenvalue weighted by atomic mass is 9.99. The average molecular weight is 336 g/mol. The zero-order valence-corrected chi connectivity index (χ0v) is 14.8. The first-order chi connectivity index (χ1) is 12.2. The smallest absolute Gasteiger partial charge is 0.248 e. The molecule has 2 aromatic rings. The van der Waals surface area contributed by atoms with Gasteiger partial charge in [0.25, 0.3) is 0 Å². The Morgan fingerprint density at radius 2 is 2.08 bits per heavy atom. The lowest BCUT2D eigenvalue weighted by Crippen LogP contribution is -2.26. The van der Waals surface area contributed by atoms with E-state index in [2.05, 4.69) is 29.4 Å². The predicted molar refractivity (Wildman–Crippen MR) is 102 cm³/mol. The maximum atomic E-state index is 12.2. The van der Waals surface area contributed by atoms with Gasteiger partial charge in [-0.2, -0.15) is 0 Å². The molecule has 1 heterocycles. The standard InChI is InChI=1S/C21H24N2O2/c1-3-25-20-7-5-4-6-17(20)9-11-21(24)22-19-10-8-16-12-13-23(2)15-18(16)14-19/h4-11,14H,3,12-13,15H2,1-2H3,(H,22,24). The van der Waals surface area contributed by atoms with Crippen molar-refractivity contribution in [1.29, 1.82) is 0 Å². The molecule has 3 rings (SSSR count). The van der Waals surface area contributed by atoms with Gasteiger partial charge in [0.05, 0.1) is 6.61 Å². The number of para-hydroxylation sites is 1. The lowest BCUT2D eigenvalue weighted by molar-refractivity contribution is -0.111. The van der Waals surface area contributed by atoms with Gasteiger partial charge in [-0.15, -0.1) is 0 Å². The molecule has 0 fully saturated rings. The van der Waals surface area contributed by atoms with E-state index >= 15 is 0 Å². The summed E-state index contributed by atoms with van der Waals surface area (Å²) in [6.07, 6.45) is 4.39. The van der Waals surface area contributed by atoms with Crippen molar-refractivity contribution < 1.29 is 9.53 Å². The summed E-state index contributed by atoms with van der Waals surface area (Å²) in [5, 5.41) is 2.94. The van der Waals surface area contributed by atoms with Gasteiger partial charge in [0.1, 0.15) is 5.75 Å². The number of benzene rings is 2. The first-order valence-corrected chi connectivity index (χ1v) is 8.67. The van der Waals surface area contributed by atoms with Crippen LogP contribution in [0.4, 0.5) is 5.69 Å². The van der Waals surface area contributed by atoms with Crippen molar-refractivity contribution in [3.05, 3.63) is 65.2 Å². The monoisotopic (exact) mass is 336 g/mol. The summed E-state index contributed by atoms with van der Waals surface area (Å²) in [5.41, 5.74) is 4.39. The fraction of sp³-hybridized carbons (Fsp3) is 0.286. The van der Waals surface area contributed by atoms with E-state index in [-0.39, 0.29) is 5.91 Å². The molecule has 4 nitrogen and oxygen atoms in total. The third kappa shape index (κ3) is 4.48. The predicted octanol–water partition coefficient (Wildman–Crippen LogP) is 3.73. The molecule has 0 spiro atoms. The van der Waals surface area contributed by atoms with Gasteiger partial charge in [-0.05, 0) is 55.8 Å². The number of nitrogens with zero attached hydrogens (tertiary/aromatic N) is 1. The van der Waals surface area contributed by atoms with E-state index < -0.39 is 0 Å². The molecule has 1 amide bonds. The van der Waals surface area contributed by atoms with Gasteiger partial charge in [0, 0.05) is 30.4 Å². The van der Waals surface area contributed by atoms with Gasteiger partial charge < -0.3 is 15.0 Å². The Morgan fingerprint density at radius 3 is 2.92 bits per heavy atom. The van der Waals surface area contributed by atoms with E-state index in [1.54, 1.807) is 12.2 Å². The Kier molecular flexibility index (Phi) is 5.51. The van der Waals surface area contributed by atoms with Crippen molar-refractivity contribution in [2.45, 2.75) is 19.9 Å². The van der Waals surface area contributed by atoms with E-state index in [0.717, 1.165) is 36.5 Å². The summed E-state index contributed by atoms with van der Waals surface area (Å²) in [6.45, 7) is 4.55. The largest absolute Gasteiger partial charge is 0.493 e. The Bertz CT molecular complexity index is 783. The van der Waals surface area contributed by atoms with Crippen LogP contribution in [-0.2, 0) is 17.8 Å². The molecule has 130 valence electrons. The number of nitrogens with one attached hydrogen (secondary N) is 1. The van der Waals surface area contributed by atoms with Crippen molar-refractivity contribution in [1.82, 2.24) is 4.90 Å². The van der Waals surface area contributed by atoms with E-state index in [9.17, 15) is 4.79 Å². The number of carbonyl (C=O) groups is 1. The normalized spacial score (nSPS) is 14.3. The third-order valence-corrected chi connectivity index (χ3v) is 4.31. The van der Waals surface area contributed by atoms with Crippen molar-refractivity contribution in [2.75, 3.05) is 25.5 Å². The quantitative estimate of drug-likeness (QED) is 0.846. The minimum atomic E-state index is -0.143. The third-order valence-electron chi connectivity index (χ3n) is 4.31. The maximum Gasteiger partial charge on any atom is 0.248 e. The maximum absolute atomic E-state index is 12.2. The van der Waals surface area contributed by atoms with Gasteiger partial charge in [0.2, 0.25) is 5.91 Å². The van der Waals surface area contributed by atoms with Crippen molar-refractivity contribution in [3.63, 3.8) is 0 Å². The van der Waals surface area contributed by atoms with Crippen molar-refractivity contribution >= 4 is 17.7 Å². The Labute approximate surface area is 149 Å². The Morgan fingerprint density at radius 1 is 1.24 bits per heavy atom. The van der Waals surface area contributed by atoms with Crippen LogP contribution < -0.4 is 10.1 Å². The van der Waals surface area contributed by atoms with Crippen LogP contribution in [0.15, 0.2) is 48.5 Å². The zero-order chi connectivity index (χ0) is 17.6. The Balaban J connectivity index is 1.68. The summed E-state index contributed by atoms with van der Waals surface area (Å²) in [6, 6.07) is 13.9. The second-order valence-corrected chi connectivity index (χ2v) is 6.26. The fourth-order valence-corrected chi connectivity index (χ4v) is 3.03. The highest BCUT2D eigenvalue weighted by atomic mass is 16.5. The van der Waals surface area contributed by atoms with E-state index in [1.807, 2.05) is 37.3 Å². The van der Waals surface area contributed by atoms with Gasteiger partial charge >= 0.3 is 0 Å². The highest BCUT2D eigenvalue weighted by molar-refractivity contribution is 6.02. The number of ether oxygens (including phenoxy) is 1. The number of likely N-dealkylation sites (N-methyl/N-ethyl adjacent to an activating group) is 1. The minimum Gasteiger partial charge on any atom is -0.493 e. The van der Waals surface area contributed by atoms with Crippen LogP contribution >= 0.6 is 0 Å². The lowest BCUT2D eigenvalue weighted by Gasteiger charge is -2.25. The van der Waals surface area contributed by atoms with Gasteiger partial charge in [-0.1, -0.05) is 24.3 Å². The topological polar surface area (TPSA) is 41.6 Å². The first kappa shape index (κ1) is 17.2. The number of hydrogen-bond donors (Lipinski definition) is 1. The zero-order valence-electron chi connectivity index (χ0n) is 14.8. The summed E-state index contributed by atoms with van der Waals surface area (Å²) in [7, 11) is 2.12.